The normalized spacial score (nSPS) is 10.1. The van der Waals surface area contributed by atoms with Crippen LogP contribution in [0.2, 0.25) is 0 Å². The molecule has 1 aromatic carbocycles. The first-order chi connectivity index (χ1) is 10.6. The molecule has 0 bridgehead atoms. The van der Waals surface area contributed by atoms with Gasteiger partial charge in [-0.3, -0.25) is 9.59 Å². The summed E-state index contributed by atoms with van der Waals surface area (Å²) < 4.78 is 5.18. The van der Waals surface area contributed by atoms with Gasteiger partial charge >= 0.3 is 0 Å². The number of anilines is 2. The smallest absolute Gasteiger partial charge is 0.224 e. The number of carbonyl (C=O) groups excluding carboxylic acids is 2. The number of methoxy groups -OCH3 is 1. The van der Waals surface area contributed by atoms with E-state index in [2.05, 4.69) is 17.6 Å². The Labute approximate surface area is 132 Å². The van der Waals surface area contributed by atoms with Crippen LogP contribution in [0, 0.1) is 0 Å². The van der Waals surface area contributed by atoms with Crippen molar-refractivity contribution < 1.29 is 14.3 Å². The average Bonchev–Trinajstić information content (AvgIpc) is 2.47. The number of nitrogens with one attached hydrogen (secondary N) is 2. The highest BCUT2D eigenvalue weighted by molar-refractivity contribution is 5.94. The Bertz CT molecular complexity index is 501. The van der Waals surface area contributed by atoms with Gasteiger partial charge in [-0.05, 0) is 24.6 Å². The Morgan fingerprint density at radius 1 is 1.09 bits per heavy atom. The third-order valence-corrected chi connectivity index (χ3v) is 3.30. The molecule has 122 valence electrons. The molecule has 0 aliphatic carbocycles. The lowest BCUT2D eigenvalue weighted by molar-refractivity contribution is -0.116. The Morgan fingerprint density at radius 2 is 1.82 bits per heavy atom. The third-order valence-electron chi connectivity index (χ3n) is 3.30. The molecule has 0 spiro atoms. The van der Waals surface area contributed by atoms with E-state index in [0.717, 1.165) is 12.8 Å². The molecule has 22 heavy (non-hydrogen) atoms. The molecule has 0 heterocycles. The summed E-state index contributed by atoms with van der Waals surface area (Å²) in [6.07, 6.45) is 6.11. The van der Waals surface area contributed by atoms with E-state index < -0.39 is 0 Å². The molecule has 0 fully saturated rings. The summed E-state index contributed by atoms with van der Waals surface area (Å²) in [7, 11) is 1.54. The van der Waals surface area contributed by atoms with Gasteiger partial charge in [-0.25, -0.2) is 0 Å². The average molecular weight is 306 g/mol. The lowest BCUT2D eigenvalue weighted by Gasteiger charge is -2.12. The first-order valence-corrected chi connectivity index (χ1v) is 7.82. The summed E-state index contributed by atoms with van der Waals surface area (Å²) in [6.45, 7) is 3.60. The van der Waals surface area contributed by atoms with E-state index in [0.29, 0.717) is 23.5 Å². The molecule has 0 saturated carbocycles. The number of amides is 2. The van der Waals surface area contributed by atoms with E-state index in [4.69, 9.17) is 4.74 Å². The highest BCUT2D eigenvalue weighted by atomic mass is 16.5. The molecular formula is C17H26N2O3. The first kappa shape index (κ1) is 18.0. The zero-order chi connectivity index (χ0) is 16.4. The van der Waals surface area contributed by atoms with Gasteiger partial charge in [0.1, 0.15) is 5.75 Å². The maximum atomic E-state index is 11.9. The topological polar surface area (TPSA) is 67.4 Å². The number of carbonyl (C=O) groups is 2. The molecule has 0 saturated heterocycles. The summed E-state index contributed by atoms with van der Waals surface area (Å²) in [5.74, 6) is 0.376. The fraction of sp³-hybridized carbons (Fsp3) is 0.529. The molecule has 0 atom stereocenters. The monoisotopic (exact) mass is 306 g/mol. The third kappa shape index (κ3) is 6.61. The molecule has 0 aromatic heterocycles. The van der Waals surface area contributed by atoms with E-state index in [1.54, 1.807) is 18.2 Å². The first-order valence-electron chi connectivity index (χ1n) is 7.82. The maximum absolute atomic E-state index is 11.9. The molecular weight excluding hydrogens is 280 g/mol. The van der Waals surface area contributed by atoms with Crippen LogP contribution >= 0.6 is 0 Å². The molecule has 0 unspecified atom stereocenters. The van der Waals surface area contributed by atoms with Gasteiger partial charge in [0.25, 0.3) is 0 Å². The standard InChI is InChI=1S/C17H26N2O3/c1-4-5-6-7-8-9-17(21)19-14-10-11-16(22-3)15(12-14)18-13(2)20/h10-12H,4-9H2,1-3H3,(H,18,20)(H,19,21). The van der Waals surface area contributed by atoms with Crippen molar-refractivity contribution in [2.45, 2.75) is 52.4 Å². The number of hydrogen-bond acceptors (Lipinski definition) is 3. The van der Waals surface area contributed by atoms with Crippen LogP contribution < -0.4 is 15.4 Å². The van der Waals surface area contributed by atoms with Crippen LogP contribution in [0.1, 0.15) is 52.4 Å². The molecule has 0 aliphatic rings. The van der Waals surface area contributed by atoms with E-state index in [1.807, 2.05) is 0 Å². The van der Waals surface area contributed by atoms with Crippen LogP contribution in [0.25, 0.3) is 0 Å². The fourth-order valence-electron chi connectivity index (χ4n) is 2.19. The van der Waals surface area contributed by atoms with E-state index in [1.165, 1.54) is 33.3 Å². The van der Waals surface area contributed by atoms with Crippen LogP contribution in [0.15, 0.2) is 18.2 Å². The highest BCUT2D eigenvalue weighted by Crippen LogP contribution is 2.27. The van der Waals surface area contributed by atoms with Gasteiger partial charge in [0.15, 0.2) is 0 Å². The number of hydrogen-bond donors (Lipinski definition) is 2. The molecule has 1 rings (SSSR count). The number of unbranched alkanes of at least 4 members (excludes halogenated alkanes) is 4. The maximum Gasteiger partial charge on any atom is 0.224 e. The lowest BCUT2D eigenvalue weighted by Crippen LogP contribution is -2.12. The van der Waals surface area contributed by atoms with Crippen molar-refractivity contribution in [3.05, 3.63) is 18.2 Å². The summed E-state index contributed by atoms with van der Waals surface area (Å²) in [5, 5.41) is 5.54. The zero-order valence-electron chi connectivity index (χ0n) is 13.7. The second-order valence-electron chi connectivity index (χ2n) is 5.31. The van der Waals surface area contributed by atoms with E-state index in [-0.39, 0.29) is 11.8 Å². The number of ether oxygens (including phenoxy) is 1. The van der Waals surface area contributed by atoms with E-state index >= 15 is 0 Å². The number of benzene rings is 1. The Morgan fingerprint density at radius 3 is 2.45 bits per heavy atom. The molecule has 2 amide bonds. The largest absolute Gasteiger partial charge is 0.495 e. The summed E-state index contributed by atoms with van der Waals surface area (Å²) in [5.41, 5.74) is 1.21. The second-order valence-corrected chi connectivity index (χ2v) is 5.31. The van der Waals surface area contributed by atoms with Gasteiger partial charge in [-0.15, -0.1) is 0 Å². The minimum Gasteiger partial charge on any atom is -0.495 e. The van der Waals surface area contributed by atoms with Crippen LogP contribution in [0.5, 0.6) is 5.75 Å². The lowest BCUT2D eigenvalue weighted by atomic mass is 10.1. The summed E-state index contributed by atoms with van der Waals surface area (Å²) in [6, 6.07) is 5.19. The van der Waals surface area contributed by atoms with Crippen molar-refractivity contribution in [1.82, 2.24) is 0 Å². The minimum atomic E-state index is -0.183. The van der Waals surface area contributed by atoms with E-state index in [9.17, 15) is 9.59 Å². The van der Waals surface area contributed by atoms with Crippen molar-refractivity contribution in [3.8, 4) is 5.75 Å². The Kier molecular flexibility index (Phi) is 8.04. The van der Waals surface area contributed by atoms with Gasteiger partial charge in [-0.2, -0.15) is 0 Å². The predicted molar refractivity (Wildman–Crippen MR) is 89.3 cm³/mol. The molecule has 1 aromatic rings. The molecule has 5 nitrogen and oxygen atoms in total. The summed E-state index contributed by atoms with van der Waals surface area (Å²) in [4.78, 5) is 23.1. The molecule has 0 aliphatic heterocycles. The van der Waals surface area contributed by atoms with Gasteiger partial charge in [-0.1, -0.05) is 32.6 Å². The highest BCUT2D eigenvalue weighted by Gasteiger charge is 2.08. The van der Waals surface area contributed by atoms with Crippen LogP contribution in [0.4, 0.5) is 11.4 Å². The minimum absolute atomic E-state index is 0.00422. The zero-order valence-corrected chi connectivity index (χ0v) is 13.7. The predicted octanol–water partition coefficient (Wildman–Crippen LogP) is 3.95. The van der Waals surface area contributed by atoms with Gasteiger partial charge in [0, 0.05) is 19.0 Å². The fourth-order valence-corrected chi connectivity index (χ4v) is 2.19. The van der Waals surface area contributed by atoms with Crippen LogP contribution in [0.3, 0.4) is 0 Å². The Hall–Kier alpha value is -2.04. The van der Waals surface area contributed by atoms with Gasteiger partial charge in [0.05, 0.1) is 12.8 Å². The van der Waals surface area contributed by atoms with Crippen molar-refractivity contribution in [1.29, 1.82) is 0 Å². The molecule has 5 heteroatoms. The van der Waals surface area contributed by atoms with Crippen molar-refractivity contribution >= 4 is 23.2 Å². The van der Waals surface area contributed by atoms with Crippen molar-refractivity contribution in [2.75, 3.05) is 17.7 Å². The number of rotatable bonds is 9. The van der Waals surface area contributed by atoms with Crippen LogP contribution in [-0.4, -0.2) is 18.9 Å². The molecule has 2 N–H and O–H groups in total. The van der Waals surface area contributed by atoms with Crippen molar-refractivity contribution in [2.24, 2.45) is 0 Å². The second kappa shape index (κ2) is 9.82. The summed E-state index contributed by atoms with van der Waals surface area (Å²) >= 11 is 0. The van der Waals surface area contributed by atoms with Crippen LogP contribution in [-0.2, 0) is 9.59 Å². The quantitative estimate of drug-likeness (QED) is 0.679. The van der Waals surface area contributed by atoms with Crippen molar-refractivity contribution in [3.63, 3.8) is 0 Å². The SMILES string of the molecule is CCCCCCCC(=O)Nc1ccc(OC)c(NC(C)=O)c1. The molecule has 0 radical (unpaired) electrons. The van der Waals surface area contributed by atoms with Gasteiger partial charge in [0.2, 0.25) is 11.8 Å². The Balaban J connectivity index is 2.54. The van der Waals surface area contributed by atoms with Gasteiger partial charge < -0.3 is 15.4 Å².